The summed E-state index contributed by atoms with van der Waals surface area (Å²) in [6, 6.07) is 0. The molecule has 0 aromatic carbocycles. The van der Waals surface area contributed by atoms with E-state index in [0.29, 0.717) is 5.41 Å². The molecule has 0 bridgehead atoms. The molecule has 0 aromatic heterocycles. The van der Waals surface area contributed by atoms with Crippen molar-refractivity contribution >= 4 is 5.71 Å². The van der Waals surface area contributed by atoms with Gasteiger partial charge in [0.15, 0.2) is 0 Å². The lowest BCUT2D eigenvalue weighted by Crippen LogP contribution is -2.26. The van der Waals surface area contributed by atoms with Crippen LogP contribution in [0.15, 0.2) is 5.10 Å². The van der Waals surface area contributed by atoms with Gasteiger partial charge >= 0.3 is 0 Å². The molecule has 1 aliphatic carbocycles. The largest absolute Gasteiger partial charge is 0.303 e. The number of rotatable bonds is 1. The highest BCUT2D eigenvalue weighted by atomic mass is 15.4. The van der Waals surface area contributed by atoms with Crippen LogP contribution in [0.3, 0.4) is 0 Å². The predicted octanol–water partition coefficient (Wildman–Crippen LogP) is 3.14. The molecule has 1 aliphatic rings. The van der Waals surface area contributed by atoms with E-state index < -0.39 is 0 Å². The molecule has 0 spiro atoms. The van der Waals surface area contributed by atoms with E-state index in [4.69, 9.17) is 0 Å². The summed E-state index contributed by atoms with van der Waals surface area (Å²) in [6.07, 6.45) is 5.02. The molecule has 0 saturated heterocycles. The Morgan fingerprint density at radius 1 is 1.14 bits per heavy atom. The van der Waals surface area contributed by atoms with E-state index in [1.54, 1.807) is 0 Å². The van der Waals surface area contributed by atoms with Crippen molar-refractivity contribution in [2.45, 2.75) is 46.5 Å². The predicted molar refractivity (Wildman–Crippen MR) is 62.5 cm³/mol. The van der Waals surface area contributed by atoms with Gasteiger partial charge < -0.3 is 5.01 Å². The quantitative estimate of drug-likeness (QED) is 0.588. The average molecular weight is 196 g/mol. The Morgan fingerprint density at radius 2 is 1.64 bits per heavy atom. The van der Waals surface area contributed by atoms with E-state index in [2.05, 4.69) is 25.9 Å². The lowest BCUT2D eigenvalue weighted by Gasteiger charge is -2.34. The van der Waals surface area contributed by atoms with Crippen molar-refractivity contribution in [3.63, 3.8) is 0 Å². The van der Waals surface area contributed by atoms with Crippen molar-refractivity contribution in [1.29, 1.82) is 0 Å². The van der Waals surface area contributed by atoms with Crippen molar-refractivity contribution < 1.29 is 0 Å². The number of hydrogen-bond donors (Lipinski definition) is 0. The smallest absolute Gasteiger partial charge is 0.0380 e. The standard InChI is InChI=1S/C12H24N2/c1-12(2,3)10-6-8-11(9-7-10)13-14(4)5/h10H,6-9H2,1-5H3. The highest BCUT2D eigenvalue weighted by molar-refractivity contribution is 5.84. The van der Waals surface area contributed by atoms with E-state index in [9.17, 15) is 0 Å². The maximum atomic E-state index is 4.50. The minimum atomic E-state index is 0.476. The molecule has 0 aromatic rings. The van der Waals surface area contributed by atoms with E-state index >= 15 is 0 Å². The third-order valence-corrected chi connectivity index (χ3v) is 3.13. The molecule has 2 heteroatoms. The number of nitrogens with zero attached hydrogens (tertiary/aromatic N) is 2. The Balaban J connectivity index is 2.47. The zero-order valence-corrected chi connectivity index (χ0v) is 10.3. The molecule has 0 N–H and O–H groups in total. The van der Waals surface area contributed by atoms with Crippen molar-refractivity contribution in [2.75, 3.05) is 14.1 Å². The molecule has 0 aliphatic heterocycles. The summed E-state index contributed by atoms with van der Waals surface area (Å²) in [5.41, 5.74) is 1.86. The molecule has 1 saturated carbocycles. The molecule has 82 valence electrons. The molecule has 1 fully saturated rings. The van der Waals surface area contributed by atoms with E-state index in [1.165, 1.54) is 31.4 Å². The van der Waals surface area contributed by atoms with Gasteiger partial charge in [-0.25, -0.2) is 0 Å². The fourth-order valence-electron chi connectivity index (χ4n) is 2.20. The second-order valence-electron chi connectivity index (χ2n) is 5.65. The molecule has 0 atom stereocenters. The van der Waals surface area contributed by atoms with Crippen LogP contribution in [0.25, 0.3) is 0 Å². The lowest BCUT2D eigenvalue weighted by molar-refractivity contribution is 0.207. The SMILES string of the molecule is CN(C)N=C1CCC(C(C)(C)C)CC1. The highest BCUT2D eigenvalue weighted by Gasteiger charge is 2.27. The van der Waals surface area contributed by atoms with Gasteiger partial charge in [-0.3, -0.25) is 0 Å². The maximum Gasteiger partial charge on any atom is 0.0380 e. The van der Waals surface area contributed by atoms with Crippen molar-refractivity contribution in [1.82, 2.24) is 5.01 Å². The monoisotopic (exact) mass is 196 g/mol. The lowest BCUT2D eigenvalue weighted by atomic mass is 9.72. The molecule has 2 nitrogen and oxygen atoms in total. The van der Waals surface area contributed by atoms with Crippen LogP contribution in [0.1, 0.15) is 46.5 Å². The van der Waals surface area contributed by atoms with E-state index in [1.807, 2.05) is 19.1 Å². The third-order valence-electron chi connectivity index (χ3n) is 3.13. The Bertz CT molecular complexity index is 201. The highest BCUT2D eigenvalue weighted by Crippen LogP contribution is 2.36. The molecule has 0 amide bonds. The first kappa shape index (κ1) is 11.5. The summed E-state index contributed by atoms with van der Waals surface area (Å²) in [7, 11) is 4.01. The summed E-state index contributed by atoms with van der Waals surface area (Å²) in [6.45, 7) is 7.06. The van der Waals surface area contributed by atoms with Gasteiger partial charge in [0, 0.05) is 19.8 Å². The third kappa shape index (κ3) is 3.32. The average Bonchev–Trinajstić information content (AvgIpc) is 2.02. The van der Waals surface area contributed by atoms with Crippen LogP contribution in [0, 0.1) is 11.3 Å². The molecule has 0 heterocycles. The second-order valence-corrected chi connectivity index (χ2v) is 5.65. The summed E-state index contributed by atoms with van der Waals surface area (Å²) in [4.78, 5) is 0. The summed E-state index contributed by atoms with van der Waals surface area (Å²) in [5, 5.41) is 6.43. The molecule has 0 radical (unpaired) electrons. The fraction of sp³-hybridized carbons (Fsp3) is 0.917. The van der Waals surface area contributed by atoms with Gasteiger partial charge in [0.25, 0.3) is 0 Å². The van der Waals surface area contributed by atoms with E-state index in [-0.39, 0.29) is 0 Å². The zero-order valence-electron chi connectivity index (χ0n) is 10.3. The van der Waals surface area contributed by atoms with Gasteiger partial charge in [-0.1, -0.05) is 20.8 Å². The van der Waals surface area contributed by atoms with Gasteiger partial charge in [-0.2, -0.15) is 5.10 Å². The van der Waals surface area contributed by atoms with Crippen LogP contribution in [0.2, 0.25) is 0 Å². The summed E-state index contributed by atoms with van der Waals surface area (Å²) < 4.78 is 0. The first-order chi connectivity index (χ1) is 6.39. The Labute approximate surface area is 88.4 Å². The van der Waals surface area contributed by atoms with Gasteiger partial charge in [0.05, 0.1) is 0 Å². The Kier molecular flexibility index (Phi) is 3.57. The minimum absolute atomic E-state index is 0.476. The summed E-state index contributed by atoms with van der Waals surface area (Å²) >= 11 is 0. The van der Waals surface area contributed by atoms with Crippen LogP contribution in [0.4, 0.5) is 0 Å². The van der Waals surface area contributed by atoms with Gasteiger partial charge in [-0.05, 0) is 37.0 Å². The first-order valence-corrected chi connectivity index (χ1v) is 5.63. The van der Waals surface area contributed by atoms with Crippen molar-refractivity contribution in [3.05, 3.63) is 0 Å². The Morgan fingerprint density at radius 3 is 2.00 bits per heavy atom. The van der Waals surface area contributed by atoms with Crippen LogP contribution in [-0.4, -0.2) is 24.8 Å². The Hall–Kier alpha value is -0.530. The first-order valence-electron chi connectivity index (χ1n) is 5.63. The summed E-state index contributed by atoms with van der Waals surface area (Å²) in [5.74, 6) is 0.878. The van der Waals surface area contributed by atoms with Crippen molar-refractivity contribution in [2.24, 2.45) is 16.4 Å². The van der Waals surface area contributed by atoms with Crippen molar-refractivity contribution in [3.8, 4) is 0 Å². The topological polar surface area (TPSA) is 15.6 Å². The van der Waals surface area contributed by atoms with Crippen LogP contribution >= 0.6 is 0 Å². The van der Waals surface area contributed by atoms with Gasteiger partial charge in [0.2, 0.25) is 0 Å². The maximum absolute atomic E-state index is 4.50. The molecular formula is C12H24N2. The molecule has 14 heavy (non-hydrogen) atoms. The van der Waals surface area contributed by atoms with Crippen LogP contribution < -0.4 is 0 Å². The number of hydrazone groups is 1. The normalized spacial score (nSPS) is 23.5. The molecule has 1 rings (SSSR count). The van der Waals surface area contributed by atoms with Gasteiger partial charge in [0.1, 0.15) is 0 Å². The number of hydrogen-bond acceptors (Lipinski definition) is 2. The fourth-order valence-corrected chi connectivity index (χ4v) is 2.20. The molecular weight excluding hydrogens is 172 g/mol. The van der Waals surface area contributed by atoms with Gasteiger partial charge in [-0.15, -0.1) is 0 Å². The zero-order chi connectivity index (χ0) is 10.8. The van der Waals surface area contributed by atoms with Crippen LogP contribution in [-0.2, 0) is 0 Å². The molecule has 0 unspecified atom stereocenters. The second kappa shape index (κ2) is 4.33. The van der Waals surface area contributed by atoms with Crippen LogP contribution in [0.5, 0.6) is 0 Å². The minimum Gasteiger partial charge on any atom is -0.303 e. The van der Waals surface area contributed by atoms with E-state index in [0.717, 1.165) is 5.92 Å².